The molecule has 16 heavy (non-hydrogen) atoms. The molecule has 2 aromatic rings. The van der Waals surface area contributed by atoms with Crippen LogP contribution in [0.25, 0.3) is 0 Å². The van der Waals surface area contributed by atoms with Crippen molar-refractivity contribution in [1.29, 1.82) is 0 Å². The van der Waals surface area contributed by atoms with E-state index >= 15 is 0 Å². The molecule has 0 unspecified atom stereocenters. The number of halogens is 1. The molecule has 0 aliphatic carbocycles. The van der Waals surface area contributed by atoms with Gasteiger partial charge in [0.1, 0.15) is 5.69 Å². The fraction of sp³-hybridized carbons (Fsp3) is 0. The molecule has 0 aliphatic rings. The van der Waals surface area contributed by atoms with E-state index in [0.29, 0.717) is 15.5 Å². The molecule has 0 amide bonds. The Morgan fingerprint density at radius 3 is 2.44 bits per heavy atom. The number of aromatic amines is 1. The molecular weight excluding hydrogens is 244 g/mol. The van der Waals surface area contributed by atoms with Crippen molar-refractivity contribution in [2.75, 3.05) is 0 Å². The van der Waals surface area contributed by atoms with Gasteiger partial charge in [0.25, 0.3) is 0 Å². The van der Waals surface area contributed by atoms with Crippen LogP contribution in [-0.4, -0.2) is 9.97 Å². The SMILES string of the molecule is S=c1ncc(N=Nc2ccc(Cl)cc2)c[nH]1. The van der Waals surface area contributed by atoms with Crippen LogP contribution in [0.5, 0.6) is 0 Å². The number of nitrogens with zero attached hydrogens (tertiary/aromatic N) is 3. The number of hydrogen-bond donors (Lipinski definition) is 1. The first kappa shape index (κ1) is 10.9. The fourth-order valence-corrected chi connectivity index (χ4v) is 1.25. The van der Waals surface area contributed by atoms with Gasteiger partial charge in [-0.15, -0.1) is 5.11 Å². The van der Waals surface area contributed by atoms with Crippen LogP contribution in [0.2, 0.25) is 5.02 Å². The van der Waals surface area contributed by atoms with Crippen LogP contribution in [0.3, 0.4) is 0 Å². The van der Waals surface area contributed by atoms with E-state index in [1.54, 1.807) is 36.7 Å². The van der Waals surface area contributed by atoms with Crippen LogP contribution in [-0.2, 0) is 0 Å². The molecule has 0 saturated carbocycles. The lowest BCUT2D eigenvalue weighted by atomic mass is 10.3. The largest absolute Gasteiger partial charge is 0.335 e. The second kappa shape index (κ2) is 4.96. The highest BCUT2D eigenvalue weighted by Gasteiger charge is 1.91. The van der Waals surface area contributed by atoms with Crippen molar-refractivity contribution in [3.05, 3.63) is 46.5 Å². The summed E-state index contributed by atoms with van der Waals surface area (Å²) in [7, 11) is 0. The van der Waals surface area contributed by atoms with Crippen LogP contribution in [0.4, 0.5) is 11.4 Å². The van der Waals surface area contributed by atoms with Crippen LogP contribution in [0, 0.1) is 4.77 Å². The van der Waals surface area contributed by atoms with E-state index < -0.39 is 0 Å². The molecule has 1 N–H and O–H groups in total. The zero-order valence-electron chi connectivity index (χ0n) is 8.09. The topological polar surface area (TPSA) is 53.4 Å². The van der Waals surface area contributed by atoms with Gasteiger partial charge < -0.3 is 4.98 Å². The molecule has 0 radical (unpaired) electrons. The number of nitrogens with one attached hydrogen (secondary N) is 1. The quantitative estimate of drug-likeness (QED) is 0.641. The highest BCUT2D eigenvalue weighted by molar-refractivity contribution is 7.71. The number of benzene rings is 1. The van der Waals surface area contributed by atoms with E-state index in [2.05, 4.69) is 20.2 Å². The van der Waals surface area contributed by atoms with Gasteiger partial charge in [0, 0.05) is 11.2 Å². The van der Waals surface area contributed by atoms with Crippen molar-refractivity contribution in [2.45, 2.75) is 0 Å². The minimum Gasteiger partial charge on any atom is -0.335 e. The standard InChI is InChI=1S/C10H7ClN4S/c11-7-1-3-8(4-2-7)14-15-9-5-12-10(16)13-6-9/h1-6H,(H,12,13,16). The molecule has 2 rings (SSSR count). The Morgan fingerprint density at radius 2 is 1.81 bits per heavy atom. The smallest absolute Gasteiger partial charge is 0.196 e. The van der Waals surface area contributed by atoms with Gasteiger partial charge in [-0.2, -0.15) is 5.11 Å². The van der Waals surface area contributed by atoms with E-state index in [-0.39, 0.29) is 0 Å². The Kier molecular flexibility index (Phi) is 3.38. The maximum Gasteiger partial charge on any atom is 0.196 e. The summed E-state index contributed by atoms with van der Waals surface area (Å²) < 4.78 is 0.422. The number of aromatic nitrogens is 2. The summed E-state index contributed by atoms with van der Waals surface area (Å²) in [6.45, 7) is 0. The molecule has 4 nitrogen and oxygen atoms in total. The summed E-state index contributed by atoms with van der Waals surface area (Å²) >= 11 is 10.6. The summed E-state index contributed by atoms with van der Waals surface area (Å²) in [5.41, 5.74) is 1.34. The first-order valence-corrected chi connectivity index (χ1v) is 5.25. The monoisotopic (exact) mass is 250 g/mol. The Balaban J connectivity index is 2.18. The number of hydrogen-bond acceptors (Lipinski definition) is 4. The maximum atomic E-state index is 5.75. The summed E-state index contributed by atoms with van der Waals surface area (Å²) in [4.78, 5) is 6.66. The molecule has 0 spiro atoms. The Labute approximate surface area is 102 Å². The van der Waals surface area contributed by atoms with Crippen molar-refractivity contribution in [1.82, 2.24) is 9.97 Å². The predicted octanol–water partition coefficient (Wildman–Crippen LogP) is 4.21. The van der Waals surface area contributed by atoms with E-state index in [1.165, 1.54) is 0 Å². The van der Waals surface area contributed by atoms with Gasteiger partial charge in [-0.25, -0.2) is 4.98 Å². The van der Waals surface area contributed by atoms with Crippen LogP contribution in [0.1, 0.15) is 0 Å². The third-order valence-corrected chi connectivity index (χ3v) is 2.24. The number of rotatable bonds is 2. The van der Waals surface area contributed by atoms with Gasteiger partial charge in [0.15, 0.2) is 4.77 Å². The molecular formula is C10H7ClN4S. The Bertz CT molecular complexity index is 541. The maximum absolute atomic E-state index is 5.75. The molecule has 0 saturated heterocycles. The van der Waals surface area contributed by atoms with E-state index in [4.69, 9.17) is 23.8 Å². The average Bonchev–Trinajstić information content (AvgIpc) is 2.30. The highest BCUT2D eigenvalue weighted by Crippen LogP contribution is 2.18. The first-order chi connectivity index (χ1) is 7.74. The van der Waals surface area contributed by atoms with Crippen LogP contribution in [0.15, 0.2) is 46.9 Å². The van der Waals surface area contributed by atoms with Crippen molar-refractivity contribution in [2.24, 2.45) is 10.2 Å². The van der Waals surface area contributed by atoms with E-state index in [9.17, 15) is 0 Å². The molecule has 0 fully saturated rings. The summed E-state index contributed by atoms with van der Waals surface area (Å²) in [6.07, 6.45) is 3.20. The Hall–Kier alpha value is -1.59. The lowest BCUT2D eigenvalue weighted by Crippen LogP contribution is -1.76. The lowest BCUT2D eigenvalue weighted by molar-refractivity contribution is 1.10. The van der Waals surface area contributed by atoms with Gasteiger partial charge in [-0.05, 0) is 36.5 Å². The van der Waals surface area contributed by atoms with Gasteiger partial charge >= 0.3 is 0 Å². The summed E-state index contributed by atoms with van der Waals surface area (Å²) in [5.74, 6) is 0. The molecule has 6 heteroatoms. The molecule has 1 aromatic carbocycles. The zero-order chi connectivity index (χ0) is 11.4. The fourth-order valence-electron chi connectivity index (χ4n) is 1.01. The predicted molar refractivity (Wildman–Crippen MR) is 65.0 cm³/mol. The highest BCUT2D eigenvalue weighted by atomic mass is 35.5. The van der Waals surface area contributed by atoms with Crippen LogP contribution >= 0.6 is 23.8 Å². The van der Waals surface area contributed by atoms with Crippen molar-refractivity contribution in [3.63, 3.8) is 0 Å². The van der Waals surface area contributed by atoms with E-state index in [0.717, 1.165) is 5.69 Å². The van der Waals surface area contributed by atoms with Gasteiger partial charge in [0.2, 0.25) is 0 Å². The second-order valence-corrected chi connectivity index (χ2v) is 3.78. The third kappa shape index (κ3) is 2.95. The third-order valence-electron chi connectivity index (χ3n) is 1.77. The molecule has 0 bridgehead atoms. The Morgan fingerprint density at radius 1 is 1.12 bits per heavy atom. The molecule has 0 atom stereocenters. The average molecular weight is 251 g/mol. The van der Waals surface area contributed by atoms with E-state index in [1.807, 2.05) is 0 Å². The molecule has 1 aromatic heterocycles. The van der Waals surface area contributed by atoms with Crippen molar-refractivity contribution in [3.8, 4) is 0 Å². The number of azo groups is 1. The minimum absolute atomic E-state index is 0.422. The van der Waals surface area contributed by atoms with Gasteiger partial charge in [-0.1, -0.05) is 11.6 Å². The van der Waals surface area contributed by atoms with Crippen LogP contribution < -0.4 is 0 Å². The molecule has 1 heterocycles. The second-order valence-electron chi connectivity index (χ2n) is 2.95. The zero-order valence-corrected chi connectivity index (χ0v) is 9.66. The first-order valence-electron chi connectivity index (χ1n) is 4.46. The number of H-pyrrole nitrogens is 1. The van der Waals surface area contributed by atoms with Crippen molar-refractivity contribution < 1.29 is 0 Å². The lowest BCUT2D eigenvalue weighted by Gasteiger charge is -1.93. The minimum atomic E-state index is 0.422. The summed E-state index contributed by atoms with van der Waals surface area (Å²) in [6, 6.07) is 7.08. The van der Waals surface area contributed by atoms with Gasteiger partial charge in [-0.3, -0.25) is 0 Å². The summed E-state index contributed by atoms with van der Waals surface area (Å²) in [5, 5.41) is 8.68. The normalized spacial score (nSPS) is 10.8. The van der Waals surface area contributed by atoms with Gasteiger partial charge in [0.05, 0.1) is 11.9 Å². The van der Waals surface area contributed by atoms with Crippen molar-refractivity contribution >= 4 is 35.2 Å². The molecule has 0 aliphatic heterocycles. The molecule has 80 valence electrons.